The molecule has 0 saturated carbocycles. The van der Waals surface area contributed by atoms with E-state index in [9.17, 15) is 21.6 Å². The van der Waals surface area contributed by atoms with Crippen molar-refractivity contribution < 1.29 is 21.6 Å². The van der Waals surface area contributed by atoms with E-state index in [4.69, 9.17) is 0 Å². The number of hydrogen-bond donors (Lipinski definition) is 1. The van der Waals surface area contributed by atoms with Crippen LogP contribution in [0.15, 0.2) is 6.20 Å². The van der Waals surface area contributed by atoms with Gasteiger partial charge in [0.05, 0.1) is 23.7 Å². The Balaban J connectivity index is 2.29. The predicted molar refractivity (Wildman–Crippen MR) is 71.5 cm³/mol. The molecule has 5 nitrogen and oxygen atoms in total. The second kappa shape index (κ2) is 5.96. The van der Waals surface area contributed by atoms with Gasteiger partial charge < -0.3 is 5.32 Å². The highest BCUT2D eigenvalue weighted by Gasteiger charge is 2.41. The summed E-state index contributed by atoms with van der Waals surface area (Å²) < 4.78 is 63.5. The van der Waals surface area contributed by atoms with Gasteiger partial charge in [-0.1, -0.05) is 6.92 Å². The molecule has 0 radical (unpaired) electrons. The smallest absolute Gasteiger partial charge is 0.313 e. The average Bonchev–Trinajstić information content (AvgIpc) is 2.92. The van der Waals surface area contributed by atoms with Crippen molar-refractivity contribution >= 4 is 9.84 Å². The van der Waals surface area contributed by atoms with Crippen LogP contribution in [0.5, 0.6) is 0 Å². The molecule has 1 aromatic heterocycles. The van der Waals surface area contributed by atoms with Gasteiger partial charge in [0.15, 0.2) is 9.84 Å². The molecule has 1 aliphatic heterocycles. The topological polar surface area (TPSA) is 64.0 Å². The second-order valence-electron chi connectivity index (χ2n) is 5.19. The van der Waals surface area contributed by atoms with E-state index in [1.807, 2.05) is 6.92 Å². The summed E-state index contributed by atoms with van der Waals surface area (Å²) in [6, 6.07) is -0.730. The van der Waals surface area contributed by atoms with Crippen molar-refractivity contribution in [3.8, 4) is 0 Å². The lowest BCUT2D eigenvalue weighted by Gasteiger charge is -2.16. The molecular weight excluding hydrogens is 307 g/mol. The Hall–Kier alpha value is -1.09. The molecule has 0 amide bonds. The highest BCUT2D eigenvalue weighted by atomic mass is 32.2. The fraction of sp³-hybridized carbons (Fsp3) is 0.750. The molecular formula is C12H18F3N3O2S. The third-order valence-corrected chi connectivity index (χ3v) is 5.19. The Bertz CT molecular complexity index is 595. The maximum absolute atomic E-state index is 13.3. The minimum Gasteiger partial charge on any atom is -0.313 e. The molecule has 1 unspecified atom stereocenters. The van der Waals surface area contributed by atoms with E-state index in [-0.39, 0.29) is 30.0 Å². The van der Waals surface area contributed by atoms with E-state index in [2.05, 4.69) is 10.4 Å². The van der Waals surface area contributed by atoms with Crippen LogP contribution in [0.25, 0.3) is 0 Å². The molecule has 21 heavy (non-hydrogen) atoms. The van der Waals surface area contributed by atoms with Crippen LogP contribution in [-0.4, -0.2) is 36.2 Å². The summed E-state index contributed by atoms with van der Waals surface area (Å²) in [7, 11) is -3.26. The van der Waals surface area contributed by atoms with Gasteiger partial charge in [-0.3, -0.25) is 4.68 Å². The van der Waals surface area contributed by atoms with Gasteiger partial charge in [0.1, 0.15) is 5.69 Å². The van der Waals surface area contributed by atoms with Crippen LogP contribution in [-0.2, 0) is 22.6 Å². The highest BCUT2D eigenvalue weighted by Crippen LogP contribution is 2.36. The van der Waals surface area contributed by atoms with Crippen LogP contribution in [0.2, 0.25) is 0 Å². The van der Waals surface area contributed by atoms with Gasteiger partial charge in [-0.25, -0.2) is 8.42 Å². The molecule has 1 aliphatic rings. The van der Waals surface area contributed by atoms with E-state index >= 15 is 0 Å². The van der Waals surface area contributed by atoms with Gasteiger partial charge in [0, 0.05) is 12.1 Å². The molecule has 120 valence electrons. The van der Waals surface area contributed by atoms with Crippen LogP contribution < -0.4 is 5.32 Å². The van der Waals surface area contributed by atoms with Crippen molar-refractivity contribution in [2.75, 3.05) is 18.1 Å². The molecule has 1 fully saturated rings. The summed E-state index contributed by atoms with van der Waals surface area (Å²) >= 11 is 0. The first-order valence-corrected chi connectivity index (χ1v) is 8.61. The number of nitrogens with one attached hydrogen (secondary N) is 1. The summed E-state index contributed by atoms with van der Waals surface area (Å²) in [5.41, 5.74) is -0.784. The first kappa shape index (κ1) is 16.3. The fourth-order valence-electron chi connectivity index (χ4n) is 2.48. The Morgan fingerprint density at radius 2 is 2.19 bits per heavy atom. The zero-order valence-electron chi connectivity index (χ0n) is 11.7. The normalized spacial score (nSPS) is 21.8. The standard InChI is InChI=1S/C12H18F3N3O2S/c1-2-4-16-6-9-7-17-18(11(9)12(13,14)15)10-3-5-21(19,20)8-10/h7,10,16H,2-6,8H2,1H3. The Morgan fingerprint density at radius 1 is 1.48 bits per heavy atom. The summed E-state index contributed by atoms with van der Waals surface area (Å²) in [5, 5.41) is 6.71. The fourth-order valence-corrected chi connectivity index (χ4v) is 4.18. The first-order chi connectivity index (χ1) is 9.74. The monoisotopic (exact) mass is 325 g/mol. The summed E-state index contributed by atoms with van der Waals surface area (Å²) in [5.74, 6) is -0.363. The van der Waals surface area contributed by atoms with E-state index in [0.717, 1.165) is 11.1 Å². The minimum atomic E-state index is -4.55. The molecule has 1 N–H and O–H groups in total. The SMILES string of the molecule is CCCNCc1cnn(C2CCS(=O)(=O)C2)c1C(F)(F)F. The number of nitrogens with zero attached hydrogens (tertiary/aromatic N) is 2. The molecule has 1 atom stereocenters. The average molecular weight is 325 g/mol. The molecule has 9 heteroatoms. The van der Waals surface area contributed by atoms with E-state index < -0.39 is 27.7 Å². The van der Waals surface area contributed by atoms with Gasteiger partial charge in [0.2, 0.25) is 0 Å². The van der Waals surface area contributed by atoms with Crippen LogP contribution in [0, 0.1) is 0 Å². The van der Waals surface area contributed by atoms with Crippen LogP contribution >= 0.6 is 0 Å². The minimum absolute atomic E-state index is 0.0558. The lowest BCUT2D eigenvalue weighted by Crippen LogP contribution is -2.23. The van der Waals surface area contributed by atoms with Crippen molar-refractivity contribution in [1.82, 2.24) is 15.1 Å². The number of hydrogen-bond acceptors (Lipinski definition) is 4. The molecule has 1 saturated heterocycles. The third kappa shape index (κ3) is 3.76. The number of sulfone groups is 1. The van der Waals surface area contributed by atoms with Crippen molar-refractivity contribution in [2.24, 2.45) is 0 Å². The number of rotatable bonds is 5. The Kier molecular flexibility index (Phi) is 4.62. The third-order valence-electron chi connectivity index (χ3n) is 3.44. The van der Waals surface area contributed by atoms with E-state index in [1.54, 1.807) is 0 Å². The Labute approximate surface area is 121 Å². The van der Waals surface area contributed by atoms with Crippen molar-refractivity contribution in [1.29, 1.82) is 0 Å². The van der Waals surface area contributed by atoms with Crippen molar-refractivity contribution in [2.45, 2.75) is 38.5 Å². The molecule has 2 rings (SSSR count). The zero-order valence-corrected chi connectivity index (χ0v) is 12.5. The van der Waals surface area contributed by atoms with Gasteiger partial charge in [-0.15, -0.1) is 0 Å². The van der Waals surface area contributed by atoms with Crippen LogP contribution in [0.4, 0.5) is 13.2 Å². The number of aromatic nitrogens is 2. The molecule has 0 aromatic carbocycles. The van der Waals surface area contributed by atoms with Crippen molar-refractivity contribution in [3.05, 3.63) is 17.5 Å². The summed E-state index contributed by atoms with van der Waals surface area (Å²) in [4.78, 5) is 0. The molecule has 0 bridgehead atoms. The highest BCUT2D eigenvalue weighted by molar-refractivity contribution is 7.91. The zero-order chi connectivity index (χ0) is 15.7. The van der Waals surface area contributed by atoms with Crippen LogP contribution in [0.1, 0.15) is 37.1 Å². The van der Waals surface area contributed by atoms with Crippen LogP contribution in [0.3, 0.4) is 0 Å². The lowest BCUT2D eigenvalue weighted by molar-refractivity contribution is -0.145. The van der Waals surface area contributed by atoms with Gasteiger partial charge in [-0.05, 0) is 19.4 Å². The summed E-state index contributed by atoms with van der Waals surface area (Å²) in [6.45, 7) is 2.60. The molecule has 0 spiro atoms. The quantitative estimate of drug-likeness (QED) is 0.838. The molecule has 1 aromatic rings. The van der Waals surface area contributed by atoms with Gasteiger partial charge in [0.25, 0.3) is 0 Å². The maximum Gasteiger partial charge on any atom is 0.433 e. The number of alkyl halides is 3. The molecule has 0 aliphatic carbocycles. The summed E-state index contributed by atoms with van der Waals surface area (Å²) in [6.07, 6.45) is -2.38. The maximum atomic E-state index is 13.3. The van der Waals surface area contributed by atoms with Crippen molar-refractivity contribution in [3.63, 3.8) is 0 Å². The van der Waals surface area contributed by atoms with Gasteiger partial charge >= 0.3 is 6.18 Å². The van der Waals surface area contributed by atoms with E-state index in [0.29, 0.717) is 6.54 Å². The second-order valence-corrected chi connectivity index (χ2v) is 7.42. The van der Waals surface area contributed by atoms with E-state index in [1.165, 1.54) is 6.20 Å². The first-order valence-electron chi connectivity index (χ1n) is 6.79. The number of halogens is 3. The lowest BCUT2D eigenvalue weighted by atomic mass is 10.2. The largest absolute Gasteiger partial charge is 0.433 e. The molecule has 2 heterocycles. The predicted octanol–water partition coefficient (Wildman–Crippen LogP) is 1.76. The Morgan fingerprint density at radius 3 is 2.71 bits per heavy atom. The van der Waals surface area contributed by atoms with Gasteiger partial charge in [-0.2, -0.15) is 18.3 Å².